The molecule has 150 valence electrons. The van der Waals surface area contributed by atoms with Crippen molar-refractivity contribution >= 4 is 29.9 Å². The molecule has 2 aliphatic rings. The van der Waals surface area contributed by atoms with Crippen LogP contribution < -0.4 is 10.6 Å². The number of nitrogens with zero attached hydrogens (tertiary/aromatic N) is 2. The highest BCUT2D eigenvalue weighted by atomic mass is 127. The van der Waals surface area contributed by atoms with Crippen molar-refractivity contribution in [2.45, 2.75) is 31.7 Å². The summed E-state index contributed by atoms with van der Waals surface area (Å²) in [4.78, 5) is 6.98. The topological polar surface area (TPSA) is 48.9 Å². The van der Waals surface area contributed by atoms with E-state index in [0.717, 1.165) is 45.1 Å². The highest BCUT2D eigenvalue weighted by Crippen LogP contribution is 2.24. The molecular formula is C21H33IN4O. The molecule has 6 heteroatoms. The summed E-state index contributed by atoms with van der Waals surface area (Å²) in [5.41, 5.74) is 2.86. The summed E-state index contributed by atoms with van der Waals surface area (Å²) in [6, 6.07) is 11.2. The van der Waals surface area contributed by atoms with Gasteiger partial charge in [-0.3, -0.25) is 9.89 Å². The van der Waals surface area contributed by atoms with E-state index >= 15 is 0 Å². The summed E-state index contributed by atoms with van der Waals surface area (Å²) in [7, 11) is 1.84. The maximum atomic E-state index is 5.37. The number of hydrogen-bond acceptors (Lipinski definition) is 3. The van der Waals surface area contributed by atoms with Crippen LogP contribution in [0.5, 0.6) is 0 Å². The summed E-state index contributed by atoms with van der Waals surface area (Å²) in [5, 5.41) is 6.99. The lowest BCUT2D eigenvalue weighted by atomic mass is 10.1. The van der Waals surface area contributed by atoms with Crippen LogP contribution in [0.2, 0.25) is 0 Å². The monoisotopic (exact) mass is 484 g/mol. The lowest BCUT2D eigenvalue weighted by molar-refractivity contribution is 0.153. The molecule has 0 aliphatic carbocycles. The second-order valence-corrected chi connectivity index (χ2v) is 6.99. The number of ether oxygens (including phenoxy) is 1. The summed E-state index contributed by atoms with van der Waals surface area (Å²) in [5.74, 6) is 0.887. The molecule has 0 amide bonds. The Labute approximate surface area is 180 Å². The SMILES string of the molecule is CN=C(NCCC1=CCOCC1)NCC(c1ccccc1)N1CCCC1.I. The predicted octanol–water partition coefficient (Wildman–Crippen LogP) is 3.34. The van der Waals surface area contributed by atoms with Gasteiger partial charge in [-0.2, -0.15) is 0 Å². The standard InChI is InChI=1S/C21H32N4O.HI/c1-22-21(23-12-9-18-10-15-26-16-11-18)24-17-20(25-13-5-6-14-25)19-7-3-2-4-8-19;/h2-4,7-8,10,20H,5-6,9,11-17H2,1H3,(H2,22,23,24);1H. The molecule has 0 aromatic heterocycles. The molecule has 0 saturated carbocycles. The molecular weight excluding hydrogens is 451 g/mol. The molecule has 1 unspecified atom stereocenters. The number of benzene rings is 1. The van der Waals surface area contributed by atoms with Gasteiger partial charge in [-0.15, -0.1) is 24.0 Å². The van der Waals surface area contributed by atoms with E-state index in [1.54, 1.807) is 0 Å². The Morgan fingerprint density at radius 2 is 1.96 bits per heavy atom. The average Bonchev–Trinajstić information content (AvgIpc) is 3.23. The van der Waals surface area contributed by atoms with Crippen LogP contribution in [-0.4, -0.2) is 57.3 Å². The normalized spacial score (nSPS) is 19.1. The van der Waals surface area contributed by atoms with E-state index < -0.39 is 0 Å². The van der Waals surface area contributed by atoms with Crippen molar-refractivity contribution < 1.29 is 4.74 Å². The van der Waals surface area contributed by atoms with E-state index in [4.69, 9.17) is 4.74 Å². The van der Waals surface area contributed by atoms with Crippen LogP contribution in [-0.2, 0) is 4.74 Å². The maximum Gasteiger partial charge on any atom is 0.191 e. The van der Waals surface area contributed by atoms with Gasteiger partial charge < -0.3 is 15.4 Å². The van der Waals surface area contributed by atoms with E-state index in [1.165, 1.54) is 37.1 Å². The Bertz CT molecular complexity index is 599. The molecule has 1 fully saturated rings. The minimum Gasteiger partial charge on any atom is -0.377 e. The number of rotatable bonds is 7. The molecule has 0 spiro atoms. The molecule has 2 N–H and O–H groups in total. The van der Waals surface area contributed by atoms with Crippen LogP contribution in [0.25, 0.3) is 0 Å². The third kappa shape index (κ3) is 7.08. The van der Waals surface area contributed by atoms with Gasteiger partial charge in [-0.25, -0.2) is 0 Å². The fourth-order valence-corrected chi connectivity index (χ4v) is 3.73. The van der Waals surface area contributed by atoms with Crippen LogP contribution >= 0.6 is 24.0 Å². The lowest BCUT2D eigenvalue weighted by Crippen LogP contribution is -2.43. The summed E-state index contributed by atoms with van der Waals surface area (Å²) in [6.07, 6.45) is 6.92. The zero-order valence-corrected chi connectivity index (χ0v) is 18.7. The molecule has 27 heavy (non-hydrogen) atoms. The molecule has 3 rings (SSSR count). The molecule has 2 heterocycles. The van der Waals surface area contributed by atoms with Crippen molar-refractivity contribution in [2.24, 2.45) is 4.99 Å². The Morgan fingerprint density at radius 1 is 1.19 bits per heavy atom. The van der Waals surface area contributed by atoms with Gasteiger partial charge in [-0.05, 0) is 44.3 Å². The summed E-state index contributed by atoms with van der Waals surface area (Å²) < 4.78 is 5.37. The molecule has 5 nitrogen and oxygen atoms in total. The lowest BCUT2D eigenvalue weighted by Gasteiger charge is -2.29. The smallest absolute Gasteiger partial charge is 0.191 e. The number of hydrogen-bond donors (Lipinski definition) is 2. The van der Waals surface area contributed by atoms with Crippen LogP contribution in [0.3, 0.4) is 0 Å². The van der Waals surface area contributed by atoms with Gasteiger partial charge in [0.2, 0.25) is 0 Å². The molecule has 0 bridgehead atoms. The number of guanidine groups is 1. The van der Waals surface area contributed by atoms with Gasteiger partial charge >= 0.3 is 0 Å². The zero-order valence-electron chi connectivity index (χ0n) is 16.3. The third-order valence-corrected chi connectivity index (χ3v) is 5.25. The van der Waals surface area contributed by atoms with Crippen LogP contribution in [0.4, 0.5) is 0 Å². The molecule has 1 saturated heterocycles. The molecule has 1 aromatic rings. The second-order valence-electron chi connectivity index (χ2n) is 6.99. The summed E-state index contributed by atoms with van der Waals surface area (Å²) >= 11 is 0. The van der Waals surface area contributed by atoms with Crippen LogP contribution in [0.15, 0.2) is 47.0 Å². The quantitative estimate of drug-likeness (QED) is 0.270. The predicted molar refractivity (Wildman–Crippen MR) is 123 cm³/mol. The molecule has 2 aliphatic heterocycles. The van der Waals surface area contributed by atoms with Crippen LogP contribution in [0.1, 0.15) is 37.3 Å². The van der Waals surface area contributed by atoms with E-state index in [9.17, 15) is 0 Å². The zero-order chi connectivity index (χ0) is 18.0. The first kappa shape index (κ1) is 22.2. The minimum atomic E-state index is 0. The number of aliphatic imine (C=N–C) groups is 1. The molecule has 1 aromatic carbocycles. The maximum absolute atomic E-state index is 5.37. The largest absolute Gasteiger partial charge is 0.377 e. The van der Waals surface area contributed by atoms with E-state index in [2.05, 4.69) is 56.9 Å². The third-order valence-electron chi connectivity index (χ3n) is 5.25. The highest BCUT2D eigenvalue weighted by molar-refractivity contribution is 14.0. The first-order chi connectivity index (χ1) is 12.9. The van der Waals surface area contributed by atoms with Gasteiger partial charge in [0.25, 0.3) is 0 Å². The first-order valence-electron chi connectivity index (χ1n) is 9.86. The van der Waals surface area contributed by atoms with Gasteiger partial charge in [0, 0.05) is 20.1 Å². The average molecular weight is 484 g/mol. The van der Waals surface area contributed by atoms with E-state index in [0.29, 0.717) is 6.04 Å². The second kappa shape index (κ2) is 12.4. The fraction of sp³-hybridized carbons (Fsp3) is 0.571. The Morgan fingerprint density at radius 3 is 2.63 bits per heavy atom. The number of halogens is 1. The summed E-state index contributed by atoms with van der Waals surface area (Å²) in [6.45, 7) is 5.77. The molecule has 1 atom stereocenters. The van der Waals surface area contributed by atoms with Crippen molar-refractivity contribution in [3.05, 3.63) is 47.5 Å². The van der Waals surface area contributed by atoms with E-state index in [1.807, 2.05) is 7.05 Å². The Balaban J connectivity index is 0.00000261. The van der Waals surface area contributed by atoms with Crippen molar-refractivity contribution in [1.29, 1.82) is 0 Å². The number of likely N-dealkylation sites (tertiary alicyclic amines) is 1. The van der Waals surface area contributed by atoms with Crippen molar-refractivity contribution in [1.82, 2.24) is 15.5 Å². The molecule has 0 radical (unpaired) electrons. The van der Waals surface area contributed by atoms with Crippen LogP contribution in [0, 0.1) is 0 Å². The van der Waals surface area contributed by atoms with Crippen molar-refractivity contribution in [3.63, 3.8) is 0 Å². The Kier molecular flexibility index (Phi) is 10.2. The highest BCUT2D eigenvalue weighted by Gasteiger charge is 2.23. The van der Waals surface area contributed by atoms with E-state index in [-0.39, 0.29) is 24.0 Å². The van der Waals surface area contributed by atoms with Gasteiger partial charge in [-0.1, -0.05) is 42.0 Å². The minimum absolute atomic E-state index is 0. The van der Waals surface area contributed by atoms with Gasteiger partial charge in [0.05, 0.1) is 19.3 Å². The van der Waals surface area contributed by atoms with Crippen molar-refractivity contribution in [3.8, 4) is 0 Å². The van der Waals surface area contributed by atoms with Gasteiger partial charge in [0.1, 0.15) is 0 Å². The first-order valence-corrected chi connectivity index (χ1v) is 9.86. The number of nitrogens with one attached hydrogen (secondary N) is 2. The Hall–Kier alpha value is -1.12. The van der Waals surface area contributed by atoms with Crippen molar-refractivity contribution in [2.75, 3.05) is 46.4 Å². The fourth-order valence-electron chi connectivity index (χ4n) is 3.73. The van der Waals surface area contributed by atoms with Gasteiger partial charge in [0.15, 0.2) is 5.96 Å².